The van der Waals surface area contributed by atoms with Crippen LogP contribution < -0.4 is 20.7 Å². The number of halogens is 1. The van der Waals surface area contributed by atoms with Crippen LogP contribution in [0.1, 0.15) is 35.7 Å². The van der Waals surface area contributed by atoms with Crippen LogP contribution in [0, 0.1) is 19.8 Å². The number of nitrogens with one attached hydrogen (secondary N) is 3. The number of anilines is 3. The zero-order valence-electron chi connectivity index (χ0n) is 25.1. The van der Waals surface area contributed by atoms with Crippen molar-refractivity contribution >= 4 is 46.6 Å². The second-order valence-electron chi connectivity index (χ2n) is 10.7. The molecule has 3 aromatic rings. The van der Waals surface area contributed by atoms with E-state index in [2.05, 4.69) is 21.1 Å². The molecule has 4 rings (SSSR count). The van der Waals surface area contributed by atoms with E-state index in [4.69, 9.17) is 25.6 Å². The third kappa shape index (κ3) is 7.76. The number of aromatic nitrogens is 1. The molecule has 1 aromatic heterocycles. The minimum Gasteiger partial charge on any atom is -0.491 e. The lowest BCUT2D eigenvalue weighted by atomic mass is 10.0. The number of methoxy groups -OCH3 is 1. The zero-order chi connectivity index (χ0) is 31.3. The molecule has 2 heterocycles. The van der Waals surface area contributed by atoms with Gasteiger partial charge in [0.2, 0.25) is 0 Å². The van der Waals surface area contributed by atoms with Crippen molar-refractivity contribution in [1.82, 2.24) is 15.0 Å². The average Bonchev–Trinajstić information content (AvgIpc) is 3.29. The number of urea groups is 2. The Labute approximate surface area is 255 Å². The summed E-state index contributed by atoms with van der Waals surface area (Å²) in [4.78, 5) is 43.0. The van der Waals surface area contributed by atoms with Crippen LogP contribution in [-0.2, 0) is 4.74 Å². The Kier molecular flexibility index (Phi) is 10.1. The van der Waals surface area contributed by atoms with Crippen molar-refractivity contribution in [3.05, 3.63) is 64.5 Å². The fraction of sp³-hybridized carbons (Fsp3) is 0.400. The lowest BCUT2D eigenvalue weighted by molar-refractivity contribution is 0.0174. The minimum absolute atomic E-state index is 0.104. The first-order valence-electron chi connectivity index (χ1n) is 13.9. The third-order valence-electron chi connectivity index (χ3n) is 7.33. The maximum atomic E-state index is 13.6. The molecule has 2 aromatic carbocycles. The van der Waals surface area contributed by atoms with Crippen molar-refractivity contribution in [3.8, 4) is 5.75 Å². The van der Waals surface area contributed by atoms with Gasteiger partial charge in [-0.3, -0.25) is 4.79 Å². The lowest BCUT2D eigenvalue weighted by Gasteiger charge is -2.36. The predicted molar refractivity (Wildman–Crippen MR) is 164 cm³/mol. The van der Waals surface area contributed by atoms with E-state index in [1.54, 1.807) is 80.3 Å². The number of likely N-dealkylation sites (N-methyl/N-ethyl adjacent to an activating group) is 1. The van der Waals surface area contributed by atoms with Gasteiger partial charge in [0, 0.05) is 49.6 Å². The van der Waals surface area contributed by atoms with E-state index in [-0.39, 0.29) is 48.7 Å². The van der Waals surface area contributed by atoms with E-state index in [0.29, 0.717) is 45.8 Å². The number of carbonyl (C=O) groups is 3. The van der Waals surface area contributed by atoms with Crippen molar-refractivity contribution in [2.45, 2.75) is 39.8 Å². The average molecular weight is 613 g/mol. The summed E-state index contributed by atoms with van der Waals surface area (Å²) in [6, 6.07) is 10.3. The van der Waals surface area contributed by atoms with Crippen molar-refractivity contribution in [3.63, 3.8) is 0 Å². The number of benzene rings is 2. The van der Waals surface area contributed by atoms with E-state index in [1.807, 2.05) is 13.8 Å². The molecule has 12 nitrogen and oxygen atoms in total. The van der Waals surface area contributed by atoms with Gasteiger partial charge in [0.1, 0.15) is 23.7 Å². The molecule has 0 saturated carbocycles. The number of amides is 5. The van der Waals surface area contributed by atoms with E-state index >= 15 is 0 Å². The number of carbonyl (C=O) groups excluding carboxylic acids is 3. The largest absolute Gasteiger partial charge is 0.491 e. The molecule has 43 heavy (non-hydrogen) atoms. The molecule has 0 spiro atoms. The Balaban J connectivity index is 1.59. The highest BCUT2D eigenvalue weighted by atomic mass is 35.5. The molecule has 230 valence electrons. The lowest BCUT2D eigenvalue weighted by Crippen LogP contribution is -2.50. The van der Waals surface area contributed by atoms with Gasteiger partial charge >= 0.3 is 12.1 Å². The van der Waals surface area contributed by atoms with E-state index in [9.17, 15) is 14.4 Å². The molecular formula is C30H37ClN6O6. The molecule has 3 N–H and O–H groups in total. The van der Waals surface area contributed by atoms with Gasteiger partial charge in [-0.15, -0.1) is 0 Å². The van der Waals surface area contributed by atoms with Crippen LogP contribution >= 0.6 is 11.6 Å². The first-order chi connectivity index (χ1) is 20.5. The second kappa shape index (κ2) is 13.8. The number of fused-ring (bicyclic) bond motifs is 1. The summed E-state index contributed by atoms with van der Waals surface area (Å²) in [6.07, 6.45) is -0.370. The quantitative estimate of drug-likeness (QED) is 0.347. The van der Waals surface area contributed by atoms with Crippen LogP contribution in [0.3, 0.4) is 0 Å². The molecule has 0 radical (unpaired) electrons. The summed E-state index contributed by atoms with van der Waals surface area (Å²) in [7, 11) is 3.26. The zero-order valence-corrected chi connectivity index (χ0v) is 25.8. The van der Waals surface area contributed by atoms with Gasteiger partial charge in [-0.25, -0.2) is 9.59 Å². The number of aryl methyl sites for hydroxylation is 2. The molecule has 0 bridgehead atoms. The van der Waals surface area contributed by atoms with Crippen LogP contribution in [0.5, 0.6) is 5.75 Å². The predicted octanol–water partition coefficient (Wildman–Crippen LogP) is 5.63. The molecule has 0 aliphatic carbocycles. The first-order valence-corrected chi connectivity index (χ1v) is 14.2. The normalized spacial score (nSPS) is 19.4. The monoisotopic (exact) mass is 612 g/mol. The van der Waals surface area contributed by atoms with E-state index in [0.717, 1.165) is 0 Å². The van der Waals surface area contributed by atoms with Crippen LogP contribution in [0.4, 0.5) is 26.7 Å². The standard InChI is InChI=1S/C30H37ClN6O6/c1-17-14-37(30(40)34-27-19(3)35-43-20(27)4)18(2)16-42-25-12-11-23(13-24(25)28(38)36(5)15-26(17)41-6)33-29(39)32-22-9-7-21(31)8-10-22/h7-13,17-18,26H,14-16H2,1-6H3,(H,34,40)(H2,32,33,39)/t17-,18-,26+/m1/s1. The van der Waals surface area contributed by atoms with Gasteiger partial charge in [0.05, 0.1) is 17.7 Å². The molecule has 0 unspecified atom stereocenters. The highest BCUT2D eigenvalue weighted by Crippen LogP contribution is 2.27. The maximum absolute atomic E-state index is 13.6. The third-order valence-corrected chi connectivity index (χ3v) is 7.58. The van der Waals surface area contributed by atoms with Crippen molar-refractivity contribution in [1.29, 1.82) is 0 Å². The highest BCUT2D eigenvalue weighted by Gasteiger charge is 2.31. The van der Waals surface area contributed by atoms with Crippen LogP contribution in [0.15, 0.2) is 47.0 Å². The topological polar surface area (TPSA) is 138 Å². The van der Waals surface area contributed by atoms with Gasteiger partial charge in [-0.2, -0.15) is 0 Å². The van der Waals surface area contributed by atoms with Gasteiger partial charge in [-0.05, 0) is 63.2 Å². The van der Waals surface area contributed by atoms with Crippen molar-refractivity contribution < 1.29 is 28.4 Å². The van der Waals surface area contributed by atoms with E-state index in [1.165, 1.54) is 0 Å². The van der Waals surface area contributed by atoms with Crippen LogP contribution in [0.25, 0.3) is 0 Å². The molecule has 0 fully saturated rings. The molecule has 0 saturated heterocycles. The number of hydrogen-bond donors (Lipinski definition) is 3. The van der Waals surface area contributed by atoms with Crippen LogP contribution in [0.2, 0.25) is 5.02 Å². The fourth-order valence-electron chi connectivity index (χ4n) is 4.80. The number of nitrogens with zero attached hydrogens (tertiary/aromatic N) is 3. The molecule has 1 aliphatic rings. The Morgan fingerprint density at radius 2 is 1.70 bits per heavy atom. The Hall–Kier alpha value is -4.29. The molecule has 3 atom stereocenters. The summed E-state index contributed by atoms with van der Waals surface area (Å²) < 4.78 is 17.1. The molecule has 13 heteroatoms. The summed E-state index contributed by atoms with van der Waals surface area (Å²) in [5.41, 5.74) is 2.31. The summed E-state index contributed by atoms with van der Waals surface area (Å²) in [5, 5.41) is 12.9. The Morgan fingerprint density at radius 1 is 1.02 bits per heavy atom. The number of hydrogen-bond acceptors (Lipinski definition) is 7. The number of ether oxygens (including phenoxy) is 2. The SMILES string of the molecule is CO[C@H]1CN(C)C(=O)c2cc(NC(=O)Nc3ccc(Cl)cc3)ccc2OC[C@@H](C)N(C(=O)Nc2c(C)noc2C)C[C@H]1C. The highest BCUT2D eigenvalue weighted by molar-refractivity contribution is 6.30. The fourth-order valence-corrected chi connectivity index (χ4v) is 4.93. The Bertz CT molecular complexity index is 1440. The summed E-state index contributed by atoms with van der Waals surface area (Å²) in [5.74, 6) is 0.391. The number of rotatable bonds is 4. The smallest absolute Gasteiger partial charge is 0.323 e. The van der Waals surface area contributed by atoms with Crippen molar-refractivity contribution in [2.75, 3.05) is 49.8 Å². The van der Waals surface area contributed by atoms with Gasteiger partial charge in [-0.1, -0.05) is 23.7 Å². The second-order valence-corrected chi connectivity index (χ2v) is 11.1. The van der Waals surface area contributed by atoms with Crippen LogP contribution in [-0.4, -0.2) is 78.9 Å². The van der Waals surface area contributed by atoms with E-state index < -0.39 is 6.03 Å². The molecular weight excluding hydrogens is 576 g/mol. The first kappa shape index (κ1) is 31.6. The molecule has 1 aliphatic heterocycles. The summed E-state index contributed by atoms with van der Waals surface area (Å²) >= 11 is 5.92. The van der Waals surface area contributed by atoms with Gasteiger partial charge < -0.3 is 39.7 Å². The summed E-state index contributed by atoms with van der Waals surface area (Å²) in [6.45, 7) is 8.04. The minimum atomic E-state index is -0.487. The Morgan fingerprint density at radius 3 is 2.35 bits per heavy atom. The van der Waals surface area contributed by atoms with Crippen molar-refractivity contribution in [2.24, 2.45) is 5.92 Å². The molecule has 5 amide bonds. The van der Waals surface area contributed by atoms with Gasteiger partial charge in [0.15, 0.2) is 5.76 Å². The van der Waals surface area contributed by atoms with Gasteiger partial charge in [0.25, 0.3) is 5.91 Å². The maximum Gasteiger partial charge on any atom is 0.323 e.